The minimum Gasteiger partial charge on any atom is -0.486 e. The second-order valence-corrected chi connectivity index (χ2v) is 4.91. The zero-order valence-electron chi connectivity index (χ0n) is 11.2. The summed E-state index contributed by atoms with van der Waals surface area (Å²) in [5.74, 6) is 1.57. The molecule has 0 saturated heterocycles. The first kappa shape index (κ1) is 14.0. The van der Waals surface area contributed by atoms with E-state index < -0.39 is 0 Å². The molecule has 19 heavy (non-hydrogen) atoms. The number of aromatic nitrogens is 1. The van der Waals surface area contributed by atoms with E-state index in [1.165, 1.54) is 4.90 Å². The van der Waals surface area contributed by atoms with Crippen LogP contribution in [0.4, 0.5) is 0 Å². The maximum Gasteiger partial charge on any atom is 0.174 e. The van der Waals surface area contributed by atoms with E-state index >= 15 is 0 Å². The van der Waals surface area contributed by atoms with Crippen LogP contribution in [0.5, 0.6) is 5.75 Å². The summed E-state index contributed by atoms with van der Waals surface area (Å²) in [6.07, 6.45) is 2.05. The Hall–Kier alpha value is -1.46. The maximum absolute atomic E-state index is 5.65. The molecule has 0 bridgehead atoms. The van der Waals surface area contributed by atoms with Crippen molar-refractivity contribution < 1.29 is 9.26 Å². The van der Waals surface area contributed by atoms with Crippen LogP contribution >= 0.6 is 11.8 Å². The first-order valence-corrected chi connectivity index (χ1v) is 7.46. The molecule has 1 aromatic heterocycles. The molecule has 0 aliphatic rings. The van der Waals surface area contributed by atoms with Crippen molar-refractivity contribution in [2.45, 2.75) is 25.0 Å². The molecule has 0 atom stereocenters. The minimum absolute atomic E-state index is 0.401. The van der Waals surface area contributed by atoms with Gasteiger partial charge in [0.05, 0.1) is 5.69 Å². The van der Waals surface area contributed by atoms with Gasteiger partial charge < -0.3 is 14.6 Å². The quantitative estimate of drug-likeness (QED) is 0.789. The molecule has 2 rings (SSSR count). The van der Waals surface area contributed by atoms with Crippen molar-refractivity contribution in [2.24, 2.45) is 0 Å². The van der Waals surface area contributed by atoms with Gasteiger partial charge in [-0.05, 0) is 37.1 Å². The van der Waals surface area contributed by atoms with Crippen LogP contribution in [0.2, 0.25) is 0 Å². The molecule has 5 heteroatoms. The highest BCUT2D eigenvalue weighted by Crippen LogP contribution is 2.19. The molecule has 0 aliphatic carbocycles. The first-order valence-electron chi connectivity index (χ1n) is 6.24. The predicted molar refractivity (Wildman–Crippen MR) is 76.4 cm³/mol. The molecule has 1 N–H and O–H groups in total. The highest BCUT2D eigenvalue weighted by atomic mass is 32.2. The second-order valence-electron chi connectivity index (χ2n) is 4.03. The molecule has 0 unspecified atom stereocenters. The van der Waals surface area contributed by atoms with Gasteiger partial charge in [0.1, 0.15) is 12.4 Å². The van der Waals surface area contributed by atoms with Crippen LogP contribution in [0.3, 0.4) is 0 Å². The summed E-state index contributed by atoms with van der Waals surface area (Å²) >= 11 is 1.71. The first-order chi connectivity index (χ1) is 9.31. The standard InChI is InChI=1S/C14H18N2O2S/c1-3-15-9-11-8-13(18-16-11)10-17-12-4-6-14(19-2)7-5-12/h4-8,15H,3,9-10H2,1-2H3. The maximum atomic E-state index is 5.65. The average Bonchev–Trinajstić information content (AvgIpc) is 2.91. The third-order valence-corrected chi connectivity index (χ3v) is 3.35. The van der Waals surface area contributed by atoms with Gasteiger partial charge in [-0.15, -0.1) is 11.8 Å². The lowest BCUT2D eigenvalue weighted by Gasteiger charge is -2.03. The fourth-order valence-corrected chi connectivity index (χ4v) is 1.99. The minimum atomic E-state index is 0.401. The Morgan fingerprint density at radius 3 is 2.79 bits per heavy atom. The molecule has 0 aliphatic heterocycles. The van der Waals surface area contributed by atoms with Crippen molar-refractivity contribution >= 4 is 11.8 Å². The monoisotopic (exact) mass is 278 g/mol. The van der Waals surface area contributed by atoms with E-state index in [0.29, 0.717) is 6.61 Å². The number of hydrogen-bond acceptors (Lipinski definition) is 5. The van der Waals surface area contributed by atoms with Crippen molar-refractivity contribution in [3.63, 3.8) is 0 Å². The Morgan fingerprint density at radius 2 is 2.11 bits per heavy atom. The van der Waals surface area contributed by atoms with E-state index in [2.05, 4.69) is 23.7 Å². The van der Waals surface area contributed by atoms with Gasteiger partial charge in [-0.25, -0.2) is 0 Å². The molecular weight excluding hydrogens is 260 g/mol. The summed E-state index contributed by atoms with van der Waals surface area (Å²) in [5.41, 5.74) is 0.901. The van der Waals surface area contributed by atoms with E-state index in [-0.39, 0.29) is 0 Å². The van der Waals surface area contributed by atoms with Gasteiger partial charge in [0.15, 0.2) is 5.76 Å². The van der Waals surface area contributed by atoms with Gasteiger partial charge in [-0.1, -0.05) is 12.1 Å². The van der Waals surface area contributed by atoms with Crippen LogP contribution in [0.15, 0.2) is 39.8 Å². The van der Waals surface area contributed by atoms with Crippen molar-refractivity contribution in [1.82, 2.24) is 10.5 Å². The van der Waals surface area contributed by atoms with Crippen LogP contribution in [-0.2, 0) is 13.2 Å². The SMILES string of the molecule is CCNCc1cc(COc2ccc(SC)cc2)on1. The predicted octanol–water partition coefficient (Wildman–Crippen LogP) is 3.09. The molecular formula is C14H18N2O2S. The Balaban J connectivity index is 1.85. The molecule has 0 fully saturated rings. The Labute approximate surface area is 117 Å². The summed E-state index contributed by atoms with van der Waals surface area (Å²) in [6, 6.07) is 9.91. The Bertz CT molecular complexity index is 496. The number of nitrogens with zero attached hydrogens (tertiary/aromatic N) is 1. The molecule has 2 aromatic rings. The molecule has 1 aromatic carbocycles. The highest BCUT2D eigenvalue weighted by molar-refractivity contribution is 7.98. The topological polar surface area (TPSA) is 47.3 Å². The van der Waals surface area contributed by atoms with Crippen molar-refractivity contribution in [3.05, 3.63) is 41.8 Å². The summed E-state index contributed by atoms with van der Waals surface area (Å²) in [5, 5.41) is 7.17. The zero-order valence-corrected chi connectivity index (χ0v) is 12.0. The average molecular weight is 278 g/mol. The Morgan fingerprint density at radius 1 is 1.32 bits per heavy atom. The van der Waals surface area contributed by atoms with Crippen LogP contribution in [0.1, 0.15) is 18.4 Å². The molecule has 1 heterocycles. The van der Waals surface area contributed by atoms with Crippen LogP contribution in [0.25, 0.3) is 0 Å². The molecule has 0 saturated carbocycles. The van der Waals surface area contributed by atoms with Crippen molar-refractivity contribution in [1.29, 1.82) is 0 Å². The number of hydrogen-bond donors (Lipinski definition) is 1. The number of nitrogens with one attached hydrogen (secondary N) is 1. The largest absolute Gasteiger partial charge is 0.486 e. The number of benzene rings is 1. The van der Waals surface area contributed by atoms with Gasteiger partial charge in [-0.3, -0.25) is 0 Å². The van der Waals surface area contributed by atoms with Crippen molar-refractivity contribution in [3.8, 4) is 5.75 Å². The summed E-state index contributed by atoms with van der Waals surface area (Å²) in [7, 11) is 0. The highest BCUT2D eigenvalue weighted by Gasteiger charge is 2.04. The number of ether oxygens (including phenoxy) is 1. The lowest BCUT2D eigenvalue weighted by molar-refractivity contribution is 0.248. The lowest BCUT2D eigenvalue weighted by atomic mass is 10.3. The van der Waals surface area contributed by atoms with Gasteiger partial charge in [0.25, 0.3) is 0 Å². The molecule has 0 amide bonds. The molecule has 0 spiro atoms. The fraction of sp³-hybridized carbons (Fsp3) is 0.357. The third-order valence-electron chi connectivity index (χ3n) is 2.60. The normalized spacial score (nSPS) is 10.6. The zero-order chi connectivity index (χ0) is 13.5. The Kier molecular flexibility index (Phi) is 5.30. The fourth-order valence-electron chi connectivity index (χ4n) is 1.59. The van der Waals surface area contributed by atoms with E-state index in [0.717, 1.165) is 30.3 Å². The summed E-state index contributed by atoms with van der Waals surface area (Å²) < 4.78 is 10.9. The van der Waals surface area contributed by atoms with Crippen LogP contribution in [-0.4, -0.2) is 18.0 Å². The van der Waals surface area contributed by atoms with Gasteiger partial charge in [0.2, 0.25) is 0 Å². The molecule has 102 valence electrons. The van der Waals surface area contributed by atoms with E-state index in [1.807, 2.05) is 30.3 Å². The van der Waals surface area contributed by atoms with E-state index in [9.17, 15) is 0 Å². The summed E-state index contributed by atoms with van der Waals surface area (Å²) in [6.45, 7) is 4.10. The van der Waals surface area contributed by atoms with Crippen LogP contribution in [0, 0.1) is 0 Å². The van der Waals surface area contributed by atoms with Gasteiger partial charge >= 0.3 is 0 Å². The van der Waals surface area contributed by atoms with Gasteiger partial charge in [-0.2, -0.15) is 0 Å². The van der Waals surface area contributed by atoms with Gasteiger partial charge in [0, 0.05) is 17.5 Å². The second kappa shape index (κ2) is 7.21. The van der Waals surface area contributed by atoms with Crippen LogP contribution < -0.4 is 10.1 Å². The number of thioether (sulfide) groups is 1. The third kappa shape index (κ3) is 4.29. The van der Waals surface area contributed by atoms with E-state index in [4.69, 9.17) is 9.26 Å². The number of rotatable bonds is 7. The molecule has 0 radical (unpaired) electrons. The lowest BCUT2D eigenvalue weighted by Crippen LogP contribution is -2.11. The van der Waals surface area contributed by atoms with Crippen molar-refractivity contribution in [2.75, 3.05) is 12.8 Å². The molecule has 4 nitrogen and oxygen atoms in total. The van der Waals surface area contributed by atoms with E-state index in [1.54, 1.807) is 11.8 Å². The smallest absolute Gasteiger partial charge is 0.174 e. The summed E-state index contributed by atoms with van der Waals surface area (Å²) in [4.78, 5) is 1.22.